The van der Waals surface area contributed by atoms with E-state index in [1.807, 2.05) is 13.8 Å². The molecule has 0 aromatic heterocycles. The second kappa shape index (κ2) is 4.78. The van der Waals surface area contributed by atoms with E-state index in [2.05, 4.69) is 10.3 Å². The van der Waals surface area contributed by atoms with Gasteiger partial charge >= 0.3 is 0 Å². The third-order valence-corrected chi connectivity index (χ3v) is 1.20. The Morgan fingerprint density at radius 3 is 2.90 bits per heavy atom. The number of rotatable bonds is 3. The lowest BCUT2D eigenvalue weighted by Gasteiger charge is -2.09. The van der Waals surface area contributed by atoms with Crippen LogP contribution in [0.15, 0.2) is 4.99 Å². The van der Waals surface area contributed by atoms with E-state index in [4.69, 9.17) is 5.73 Å². The Bertz CT molecular complexity index is 133. The zero-order chi connectivity index (χ0) is 7.98. The first kappa shape index (κ1) is 8.94. The van der Waals surface area contributed by atoms with Crippen molar-refractivity contribution < 1.29 is 4.79 Å². The van der Waals surface area contributed by atoms with E-state index < -0.39 is 0 Å². The van der Waals surface area contributed by atoms with Crippen molar-refractivity contribution in [3.63, 3.8) is 0 Å². The maximum Gasteiger partial charge on any atom is 0.236 e. The molecule has 1 unspecified atom stereocenters. The van der Waals surface area contributed by atoms with Crippen LogP contribution in [-0.4, -0.2) is 18.4 Å². The predicted octanol–water partition coefficient (Wildman–Crippen LogP) is -0.154. The van der Waals surface area contributed by atoms with Crippen LogP contribution < -0.4 is 11.1 Å². The van der Waals surface area contributed by atoms with Gasteiger partial charge in [0.25, 0.3) is 0 Å². The number of carbonyl (C=O) groups excluding carboxylic acids is 1. The van der Waals surface area contributed by atoms with E-state index in [-0.39, 0.29) is 12.0 Å². The van der Waals surface area contributed by atoms with Crippen molar-refractivity contribution in [2.24, 2.45) is 10.7 Å². The predicted molar refractivity (Wildman–Crippen MR) is 40.6 cm³/mol. The minimum absolute atomic E-state index is 0.185. The monoisotopic (exact) mass is 143 g/mol. The highest BCUT2D eigenvalue weighted by atomic mass is 16.1. The number of aliphatic imine (C=N–C) groups is 1. The molecule has 0 heterocycles. The van der Waals surface area contributed by atoms with Gasteiger partial charge in [0.1, 0.15) is 0 Å². The highest BCUT2D eigenvalue weighted by molar-refractivity contribution is 5.84. The molecule has 0 aliphatic heterocycles. The first-order valence-electron chi connectivity index (χ1n) is 3.24. The molecule has 0 aromatic rings. The molecule has 1 amide bonds. The quantitative estimate of drug-likeness (QED) is 0.328. The van der Waals surface area contributed by atoms with Crippen molar-refractivity contribution in [3.05, 3.63) is 0 Å². The lowest BCUT2D eigenvalue weighted by Crippen LogP contribution is -2.37. The molecule has 0 saturated heterocycles. The molecule has 3 N–H and O–H groups in total. The van der Waals surface area contributed by atoms with Crippen molar-refractivity contribution in [1.82, 2.24) is 5.32 Å². The summed E-state index contributed by atoms with van der Waals surface area (Å²) in [5.74, 6) is 0.185. The number of nitrogens with one attached hydrogen (secondary N) is 1. The van der Waals surface area contributed by atoms with E-state index in [0.29, 0.717) is 6.41 Å². The number of nitrogens with zero attached hydrogens (tertiary/aromatic N) is 1. The molecule has 0 radical (unpaired) electrons. The number of amides is 1. The van der Waals surface area contributed by atoms with Gasteiger partial charge in [0.15, 0.2) is 5.96 Å². The van der Waals surface area contributed by atoms with Crippen LogP contribution >= 0.6 is 0 Å². The van der Waals surface area contributed by atoms with Gasteiger partial charge in [-0.3, -0.25) is 4.79 Å². The minimum Gasteiger partial charge on any atom is -0.370 e. The summed E-state index contributed by atoms with van der Waals surface area (Å²) in [7, 11) is 0. The molecule has 4 nitrogen and oxygen atoms in total. The van der Waals surface area contributed by atoms with Crippen LogP contribution in [0.2, 0.25) is 0 Å². The lowest BCUT2D eigenvalue weighted by atomic mass is 10.3. The van der Waals surface area contributed by atoms with Crippen LogP contribution in [0.3, 0.4) is 0 Å². The standard InChI is InChI=1S/C6H13N3O/c1-3-5(2)9-6(7)8-4-10/h4-5H,3H2,1-2H3,(H3,7,8,9,10). The van der Waals surface area contributed by atoms with Crippen molar-refractivity contribution in [2.75, 3.05) is 0 Å². The second-order valence-electron chi connectivity index (χ2n) is 2.07. The number of carbonyl (C=O) groups is 1. The first-order chi connectivity index (χ1) is 4.70. The molecular weight excluding hydrogens is 130 g/mol. The minimum atomic E-state index is 0.185. The maximum absolute atomic E-state index is 9.78. The number of hydrogen-bond donors (Lipinski definition) is 2. The van der Waals surface area contributed by atoms with Gasteiger partial charge < -0.3 is 11.1 Å². The number of hydrogen-bond acceptors (Lipinski definition) is 1. The van der Waals surface area contributed by atoms with E-state index in [1.165, 1.54) is 0 Å². The Balaban J connectivity index is 3.66. The van der Waals surface area contributed by atoms with E-state index in [0.717, 1.165) is 6.42 Å². The molecule has 0 aliphatic rings. The molecule has 58 valence electrons. The SMILES string of the molecule is CCC(C)N/C(N)=N/C=O. The zero-order valence-corrected chi connectivity index (χ0v) is 6.29. The summed E-state index contributed by atoms with van der Waals surface area (Å²) in [6.07, 6.45) is 1.37. The average Bonchev–Trinajstić information content (AvgIpc) is 1.88. The van der Waals surface area contributed by atoms with Crippen LogP contribution in [0, 0.1) is 0 Å². The third kappa shape index (κ3) is 3.88. The Morgan fingerprint density at radius 2 is 2.50 bits per heavy atom. The average molecular weight is 143 g/mol. The third-order valence-electron chi connectivity index (χ3n) is 1.20. The van der Waals surface area contributed by atoms with Crippen LogP contribution in [0.4, 0.5) is 0 Å². The number of guanidine groups is 1. The molecule has 1 atom stereocenters. The van der Waals surface area contributed by atoms with Gasteiger partial charge in [-0.05, 0) is 13.3 Å². The van der Waals surface area contributed by atoms with Gasteiger partial charge in [-0.25, -0.2) is 0 Å². The van der Waals surface area contributed by atoms with Crippen molar-refractivity contribution in [1.29, 1.82) is 0 Å². The summed E-state index contributed by atoms with van der Waals surface area (Å²) >= 11 is 0. The first-order valence-corrected chi connectivity index (χ1v) is 3.24. The summed E-state index contributed by atoms with van der Waals surface area (Å²) in [6, 6.07) is 0.267. The summed E-state index contributed by atoms with van der Waals surface area (Å²) < 4.78 is 0. The Morgan fingerprint density at radius 1 is 1.90 bits per heavy atom. The molecule has 0 aliphatic carbocycles. The molecule has 10 heavy (non-hydrogen) atoms. The molecule has 0 spiro atoms. The fourth-order valence-corrected chi connectivity index (χ4v) is 0.449. The second-order valence-corrected chi connectivity index (χ2v) is 2.07. The Hall–Kier alpha value is -1.06. The normalized spacial score (nSPS) is 14.4. The smallest absolute Gasteiger partial charge is 0.236 e. The Labute approximate surface area is 60.5 Å². The lowest BCUT2D eigenvalue weighted by molar-refractivity contribution is -0.106. The number of nitrogens with two attached hydrogens (primary N) is 1. The highest BCUT2D eigenvalue weighted by Gasteiger charge is 1.96. The summed E-state index contributed by atoms with van der Waals surface area (Å²) in [4.78, 5) is 13.1. The van der Waals surface area contributed by atoms with Crippen molar-refractivity contribution in [3.8, 4) is 0 Å². The maximum atomic E-state index is 9.78. The molecule has 0 saturated carbocycles. The largest absolute Gasteiger partial charge is 0.370 e. The van der Waals surface area contributed by atoms with Gasteiger partial charge in [-0.1, -0.05) is 6.92 Å². The molecule has 0 fully saturated rings. The topological polar surface area (TPSA) is 67.5 Å². The molecule has 4 heteroatoms. The summed E-state index contributed by atoms with van der Waals surface area (Å²) in [5.41, 5.74) is 5.27. The molecule has 0 aromatic carbocycles. The molecular formula is C6H13N3O. The molecule has 0 rings (SSSR count). The fraction of sp³-hybridized carbons (Fsp3) is 0.667. The molecule has 0 bridgehead atoms. The van der Waals surface area contributed by atoms with Crippen LogP contribution in [0.25, 0.3) is 0 Å². The zero-order valence-electron chi connectivity index (χ0n) is 6.29. The fourth-order valence-electron chi connectivity index (χ4n) is 0.449. The highest BCUT2D eigenvalue weighted by Crippen LogP contribution is 1.85. The summed E-state index contributed by atoms with van der Waals surface area (Å²) in [6.45, 7) is 3.99. The van der Waals surface area contributed by atoms with Gasteiger partial charge in [-0.15, -0.1) is 0 Å². The van der Waals surface area contributed by atoms with Crippen LogP contribution in [0.5, 0.6) is 0 Å². The van der Waals surface area contributed by atoms with Gasteiger partial charge in [0.2, 0.25) is 6.41 Å². The van der Waals surface area contributed by atoms with Gasteiger partial charge in [0.05, 0.1) is 0 Å². The van der Waals surface area contributed by atoms with E-state index in [9.17, 15) is 4.79 Å². The van der Waals surface area contributed by atoms with E-state index >= 15 is 0 Å². The van der Waals surface area contributed by atoms with Crippen LogP contribution in [0.1, 0.15) is 20.3 Å². The van der Waals surface area contributed by atoms with Gasteiger partial charge in [0, 0.05) is 6.04 Å². The van der Waals surface area contributed by atoms with E-state index in [1.54, 1.807) is 0 Å². The van der Waals surface area contributed by atoms with Crippen molar-refractivity contribution >= 4 is 12.4 Å². The van der Waals surface area contributed by atoms with Gasteiger partial charge in [-0.2, -0.15) is 4.99 Å². The Kier molecular flexibility index (Phi) is 4.28. The van der Waals surface area contributed by atoms with Crippen LogP contribution in [-0.2, 0) is 4.79 Å². The van der Waals surface area contributed by atoms with Crippen molar-refractivity contribution in [2.45, 2.75) is 26.3 Å². The summed E-state index contributed by atoms with van der Waals surface area (Å²) in [5, 5.41) is 2.83.